The van der Waals surface area contributed by atoms with Crippen molar-refractivity contribution in [3.8, 4) is 28.5 Å². The Kier molecular flexibility index (Phi) is 6.72. The van der Waals surface area contributed by atoms with Crippen LogP contribution in [-0.4, -0.2) is 70.9 Å². The summed E-state index contributed by atoms with van der Waals surface area (Å²) in [6.45, 7) is -1.82. The Hall–Kier alpha value is -4.09. The number of halogens is 2. The number of carbonyl (C=O) groups excluding carboxylic acids is 1. The van der Waals surface area contributed by atoms with Gasteiger partial charge in [0.15, 0.2) is 0 Å². The number of likely N-dealkylation sites (tertiary alicyclic amines) is 1. The van der Waals surface area contributed by atoms with Crippen LogP contribution in [0.25, 0.3) is 16.9 Å². The lowest BCUT2D eigenvalue weighted by molar-refractivity contribution is -0.0502. The van der Waals surface area contributed by atoms with Gasteiger partial charge in [-0.05, 0) is 37.5 Å². The molecule has 2 amide bonds. The normalized spacial score (nSPS) is 17.3. The van der Waals surface area contributed by atoms with Crippen molar-refractivity contribution in [3.63, 3.8) is 0 Å². The number of methoxy groups -OCH3 is 1. The average molecular weight is 517 g/mol. The van der Waals surface area contributed by atoms with Gasteiger partial charge in [-0.3, -0.25) is 9.20 Å². The molecule has 2 aromatic heterocycles. The van der Waals surface area contributed by atoms with Crippen LogP contribution in [0.2, 0.25) is 0 Å². The summed E-state index contributed by atoms with van der Waals surface area (Å²) >= 11 is 0. The van der Waals surface area contributed by atoms with Crippen molar-refractivity contribution in [3.05, 3.63) is 42.2 Å². The number of amides is 2. The van der Waals surface area contributed by atoms with E-state index in [0.717, 1.165) is 19.3 Å². The molecular weight excluding hydrogens is 490 g/mol. The number of nitrogens with zero attached hydrogens (tertiary/aromatic N) is 3. The molecule has 2 N–H and O–H groups in total. The highest BCUT2D eigenvalue weighted by Gasteiger charge is 2.29. The molecule has 0 bridgehead atoms. The van der Waals surface area contributed by atoms with Gasteiger partial charge < -0.3 is 29.5 Å². The summed E-state index contributed by atoms with van der Waals surface area (Å²) in [6.07, 6.45) is 4.80. The summed E-state index contributed by atoms with van der Waals surface area (Å²) in [6, 6.07) is 6.46. The third-order valence-electron chi connectivity index (χ3n) is 6.46. The van der Waals surface area contributed by atoms with Crippen LogP contribution in [0.4, 0.5) is 13.6 Å². The van der Waals surface area contributed by atoms with E-state index in [2.05, 4.69) is 10.3 Å². The van der Waals surface area contributed by atoms with Crippen molar-refractivity contribution in [2.45, 2.75) is 31.9 Å². The van der Waals surface area contributed by atoms with Crippen LogP contribution in [0.15, 0.2) is 36.7 Å². The van der Waals surface area contributed by atoms with Crippen LogP contribution >= 0.6 is 0 Å². The number of carbonyl (C=O) groups is 2. The number of alkyl halides is 2. The third-order valence-corrected chi connectivity index (χ3v) is 6.46. The first kappa shape index (κ1) is 24.6. The monoisotopic (exact) mass is 516 g/mol. The molecule has 2 aliphatic rings. The van der Waals surface area contributed by atoms with E-state index < -0.39 is 18.6 Å². The summed E-state index contributed by atoms with van der Waals surface area (Å²) in [7, 11) is 1.36. The first-order chi connectivity index (χ1) is 17.8. The molecule has 0 radical (unpaired) electrons. The fourth-order valence-electron chi connectivity index (χ4n) is 4.42. The number of imidazole rings is 1. The van der Waals surface area contributed by atoms with Crippen LogP contribution in [0.5, 0.6) is 17.2 Å². The fourth-order valence-corrected chi connectivity index (χ4v) is 4.42. The summed E-state index contributed by atoms with van der Waals surface area (Å²) in [5.74, 6) is -0.0310. The molecule has 1 aromatic carbocycles. The number of hydrogen-bond donors (Lipinski definition) is 2. The number of ether oxygens (including phenoxy) is 3. The van der Waals surface area contributed by atoms with Crippen LogP contribution in [0.3, 0.4) is 0 Å². The van der Waals surface area contributed by atoms with Crippen molar-refractivity contribution in [2.75, 3.05) is 26.8 Å². The Morgan fingerprint density at radius 2 is 2.00 bits per heavy atom. The van der Waals surface area contributed by atoms with Gasteiger partial charge in [0.2, 0.25) is 0 Å². The van der Waals surface area contributed by atoms with Crippen molar-refractivity contribution in [1.82, 2.24) is 19.6 Å². The number of nitrogens with one attached hydrogen (secondary N) is 1. The molecule has 0 unspecified atom stereocenters. The van der Waals surface area contributed by atoms with Crippen molar-refractivity contribution in [1.29, 1.82) is 0 Å². The minimum Gasteiger partial charge on any atom is -0.496 e. The van der Waals surface area contributed by atoms with Gasteiger partial charge in [-0.2, -0.15) is 8.78 Å². The fraction of sp³-hybridized carbons (Fsp3) is 0.400. The highest BCUT2D eigenvalue weighted by atomic mass is 19.3. The number of carboxylic acid groups (broad SMARTS) is 1. The first-order valence-corrected chi connectivity index (χ1v) is 11.9. The van der Waals surface area contributed by atoms with E-state index in [1.165, 1.54) is 18.1 Å². The zero-order chi connectivity index (χ0) is 26.1. The van der Waals surface area contributed by atoms with Crippen LogP contribution < -0.4 is 19.5 Å². The molecule has 1 saturated heterocycles. The number of fused-ring (bicyclic) bond motifs is 1. The predicted molar refractivity (Wildman–Crippen MR) is 128 cm³/mol. The Bertz CT molecular complexity index is 1330. The second-order valence-electron chi connectivity index (χ2n) is 9.11. The summed E-state index contributed by atoms with van der Waals surface area (Å²) in [4.78, 5) is 29.6. The van der Waals surface area contributed by atoms with E-state index in [1.54, 1.807) is 35.0 Å². The predicted octanol–water partition coefficient (Wildman–Crippen LogP) is 3.88. The van der Waals surface area contributed by atoms with Crippen molar-refractivity contribution in [2.24, 2.45) is 5.92 Å². The number of benzene rings is 1. The smallest absolute Gasteiger partial charge is 0.407 e. The molecule has 1 atom stereocenters. The molecule has 3 aromatic rings. The Labute approximate surface area is 210 Å². The maximum Gasteiger partial charge on any atom is 0.407 e. The standard InChI is InChI=1S/C25H26F2N4O6/c1-35-19-8-15(9-20(37-24(26)27)22(19)23(32)29-16-2-3-16)18-11-28-21-10-17(5-7-31(18)21)36-13-14-4-6-30(12-14)25(33)34/h5,7-11,14,16,24H,2-4,6,12-13H2,1H3,(H,29,32)(H,33,34)/t14-/m1/s1. The lowest BCUT2D eigenvalue weighted by atomic mass is 10.1. The molecule has 1 saturated carbocycles. The van der Waals surface area contributed by atoms with E-state index >= 15 is 0 Å². The minimum atomic E-state index is -3.13. The van der Waals surface area contributed by atoms with E-state index in [1.807, 2.05) is 0 Å². The molecule has 196 valence electrons. The number of hydrogen-bond acceptors (Lipinski definition) is 6. The highest BCUT2D eigenvalue weighted by molar-refractivity contribution is 6.01. The molecule has 5 rings (SSSR count). The van der Waals surface area contributed by atoms with Crippen LogP contribution in [-0.2, 0) is 0 Å². The molecule has 1 aliphatic carbocycles. The molecule has 37 heavy (non-hydrogen) atoms. The van der Waals surface area contributed by atoms with Gasteiger partial charge in [-0.15, -0.1) is 0 Å². The first-order valence-electron chi connectivity index (χ1n) is 11.9. The molecule has 10 nitrogen and oxygen atoms in total. The third kappa shape index (κ3) is 5.37. The zero-order valence-corrected chi connectivity index (χ0v) is 20.0. The molecular formula is C25H26F2N4O6. The number of pyridine rings is 1. The van der Waals surface area contributed by atoms with E-state index in [-0.39, 0.29) is 29.0 Å². The highest BCUT2D eigenvalue weighted by Crippen LogP contribution is 2.37. The summed E-state index contributed by atoms with van der Waals surface area (Å²) < 4.78 is 44.2. The van der Waals surface area contributed by atoms with Gasteiger partial charge >= 0.3 is 12.7 Å². The van der Waals surface area contributed by atoms with Crippen molar-refractivity contribution < 1.29 is 37.7 Å². The number of aromatic nitrogens is 2. The maximum atomic E-state index is 13.2. The van der Waals surface area contributed by atoms with Gasteiger partial charge in [0.25, 0.3) is 5.91 Å². The Morgan fingerprint density at radius 1 is 1.22 bits per heavy atom. The Balaban J connectivity index is 1.40. The lowest BCUT2D eigenvalue weighted by Gasteiger charge is -2.16. The van der Waals surface area contributed by atoms with Crippen LogP contribution in [0, 0.1) is 5.92 Å². The maximum absolute atomic E-state index is 13.2. The number of rotatable bonds is 9. The molecule has 3 heterocycles. The largest absolute Gasteiger partial charge is 0.496 e. The SMILES string of the molecule is COc1cc(-c2cnc3cc(OC[C@@H]4CCN(C(=O)O)C4)ccn23)cc(OC(F)F)c1C(=O)NC1CC1. The zero-order valence-electron chi connectivity index (χ0n) is 20.0. The van der Waals surface area contributed by atoms with E-state index in [9.17, 15) is 18.4 Å². The van der Waals surface area contributed by atoms with Gasteiger partial charge in [0.1, 0.15) is 28.5 Å². The van der Waals surface area contributed by atoms with Gasteiger partial charge in [0, 0.05) is 42.9 Å². The Morgan fingerprint density at radius 3 is 2.68 bits per heavy atom. The van der Waals surface area contributed by atoms with E-state index in [4.69, 9.17) is 19.3 Å². The molecule has 2 fully saturated rings. The van der Waals surface area contributed by atoms with E-state index in [0.29, 0.717) is 42.4 Å². The molecule has 0 spiro atoms. The molecule has 12 heteroatoms. The lowest BCUT2D eigenvalue weighted by Crippen LogP contribution is -2.27. The minimum absolute atomic E-state index is 0.0243. The van der Waals surface area contributed by atoms with Gasteiger partial charge in [-0.25, -0.2) is 9.78 Å². The second-order valence-corrected chi connectivity index (χ2v) is 9.11. The topological polar surface area (TPSA) is 115 Å². The summed E-state index contributed by atoms with van der Waals surface area (Å²) in [5, 5.41) is 11.9. The van der Waals surface area contributed by atoms with Gasteiger partial charge in [-0.1, -0.05) is 0 Å². The van der Waals surface area contributed by atoms with Gasteiger partial charge in [0.05, 0.1) is 25.6 Å². The van der Waals surface area contributed by atoms with Crippen LogP contribution in [0.1, 0.15) is 29.6 Å². The average Bonchev–Trinajstić information content (AvgIpc) is 3.37. The molecule has 1 aliphatic heterocycles. The second kappa shape index (κ2) is 10.1. The quantitative estimate of drug-likeness (QED) is 0.444. The summed E-state index contributed by atoms with van der Waals surface area (Å²) in [5.41, 5.74) is 1.51. The van der Waals surface area contributed by atoms with Crippen molar-refractivity contribution >= 4 is 17.6 Å².